The lowest BCUT2D eigenvalue weighted by atomic mass is 9.81. The second-order valence-electron chi connectivity index (χ2n) is 11.2. The molecule has 0 aliphatic heterocycles. The summed E-state index contributed by atoms with van der Waals surface area (Å²) < 4.78 is 93.5. The summed E-state index contributed by atoms with van der Waals surface area (Å²) in [6.07, 6.45) is -7.35. The molecule has 1 unspecified atom stereocenters. The van der Waals surface area contributed by atoms with Crippen LogP contribution in [-0.4, -0.2) is 49.9 Å². The van der Waals surface area contributed by atoms with E-state index in [0.717, 1.165) is 6.07 Å². The molecule has 0 radical (unpaired) electrons. The summed E-state index contributed by atoms with van der Waals surface area (Å²) in [6.45, 7) is 5.89. The first-order chi connectivity index (χ1) is 18.9. The lowest BCUT2D eigenvalue weighted by molar-refractivity contribution is -0.169. The molecule has 2 atom stereocenters. The van der Waals surface area contributed by atoms with E-state index in [1.165, 1.54) is 33.8 Å². The molecule has 2 heterocycles. The molecule has 2 N–H and O–H groups in total. The maximum Gasteiger partial charge on any atom is 0.390 e. The summed E-state index contributed by atoms with van der Waals surface area (Å²) in [6, 6.07) is 1.29. The molecule has 1 aliphatic carbocycles. The lowest BCUT2D eigenvalue weighted by Gasteiger charge is -2.33. The Bertz CT molecular complexity index is 1420. The summed E-state index contributed by atoms with van der Waals surface area (Å²) in [4.78, 5) is 32.7. The number of H-pyrrole nitrogens is 1. The summed E-state index contributed by atoms with van der Waals surface area (Å²) in [5.41, 5.74) is -1.98. The van der Waals surface area contributed by atoms with Crippen LogP contribution in [0.4, 0.5) is 26.3 Å². The standard InChI is InChI=1S/C26H29F6N5O4/c1-12-18(37-41-36-12)22(38)35-19(13-7-9-25(28,29)10-8-13)21-33-16-6-5-14(17(27)20(16)34-21)15(11-26(30,31)32)23(39)40-24(2,3)4/h5-6,13,15,19H,7-11H2,1-4H3,(H,33,34)(H,35,38)/t15?,19-/m0/s1. The zero-order valence-corrected chi connectivity index (χ0v) is 22.7. The number of benzene rings is 1. The number of ether oxygens (including phenoxy) is 1. The van der Waals surface area contributed by atoms with Crippen molar-refractivity contribution in [2.24, 2.45) is 5.92 Å². The normalized spacial score (nSPS) is 17.8. The molecular formula is C26H29F6N5O4. The first-order valence-electron chi connectivity index (χ1n) is 12.9. The molecule has 1 fully saturated rings. The van der Waals surface area contributed by atoms with Crippen molar-refractivity contribution in [2.45, 2.75) is 89.5 Å². The van der Waals surface area contributed by atoms with Crippen molar-refractivity contribution >= 4 is 22.9 Å². The molecule has 9 nitrogen and oxygen atoms in total. The van der Waals surface area contributed by atoms with Gasteiger partial charge in [0, 0.05) is 18.4 Å². The SMILES string of the molecule is Cc1nonc1C(=O)N[C@H](c1nc2c(F)c(C(CC(F)(F)F)C(=O)OC(C)(C)C)ccc2[nH]1)C1CCC(F)(F)CC1. The van der Waals surface area contributed by atoms with Gasteiger partial charge in [-0.3, -0.25) is 9.59 Å². The smallest absolute Gasteiger partial charge is 0.390 e. The number of halogens is 6. The number of esters is 1. The second-order valence-corrected chi connectivity index (χ2v) is 11.2. The number of carbonyl (C=O) groups is 2. The fourth-order valence-electron chi connectivity index (χ4n) is 4.87. The van der Waals surface area contributed by atoms with Gasteiger partial charge < -0.3 is 15.0 Å². The minimum atomic E-state index is -4.81. The Kier molecular flexibility index (Phi) is 8.11. The maximum absolute atomic E-state index is 15.8. The highest BCUT2D eigenvalue weighted by atomic mass is 19.4. The quantitative estimate of drug-likeness (QED) is 0.253. The van der Waals surface area contributed by atoms with E-state index in [2.05, 4.69) is 30.2 Å². The monoisotopic (exact) mass is 589 g/mol. The Morgan fingerprint density at radius 1 is 1.17 bits per heavy atom. The molecule has 4 rings (SSSR count). The number of carbonyl (C=O) groups excluding carboxylic acids is 2. The second kappa shape index (κ2) is 11.0. The van der Waals surface area contributed by atoms with Gasteiger partial charge in [0.05, 0.1) is 23.9 Å². The van der Waals surface area contributed by atoms with Crippen LogP contribution < -0.4 is 5.32 Å². The number of nitrogens with one attached hydrogen (secondary N) is 2. The van der Waals surface area contributed by atoms with Crippen LogP contribution in [0.25, 0.3) is 11.0 Å². The zero-order chi connectivity index (χ0) is 30.3. The first kappa shape index (κ1) is 30.3. The van der Waals surface area contributed by atoms with E-state index in [4.69, 9.17) is 4.74 Å². The predicted molar refractivity (Wildman–Crippen MR) is 131 cm³/mol. The number of aromatic nitrogens is 4. The number of hydrogen-bond donors (Lipinski definition) is 2. The van der Waals surface area contributed by atoms with Crippen LogP contribution >= 0.6 is 0 Å². The van der Waals surface area contributed by atoms with Crippen LogP contribution in [0.15, 0.2) is 16.8 Å². The molecule has 0 spiro atoms. The molecular weight excluding hydrogens is 560 g/mol. The average Bonchev–Trinajstić information content (AvgIpc) is 3.47. The average molecular weight is 590 g/mol. The highest BCUT2D eigenvalue weighted by Crippen LogP contribution is 2.42. The summed E-state index contributed by atoms with van der Waals surface area (Å²) in [7, 11) is 0. The molecule has 1 amide bonds. The summed E-state index contributed by atoms with van der Waals surface area (Å²) in [5, 5.41) is 9.77. The van der Waals surface area contributed by atoms with Gasteiger partial charge in [-0.15, -0.1) is 0 Å². The molecule has 15 heteroatoms. The van der Waals surface area contributed by atoms with Gasteiger partial charge in [0.25, 0.3) is 5.91 Å². The molecule has 1 aromatic carbocycles. The summed E-state index contributed by atoms with van der Waals surface area (Å²) >= 11 is 0. The molecule has 3 aromatic rings. The van der Waals surface area contributed by atoms with E-state index in [9.17, 15) is 31.5 Å². The highest BCUT2D eigenvalue weighted by Gasteiger charge is 2.42. The van der Waals surface area contributed by atoms with Crippen LogP contribution in [-0.2, 0) is 9.53 Å². The molecule has 41 heavy (non-hydrogen) atoms. The van der Waals surface area contributed by atoms with Gasteiger partial charge in [-0.1, -0.05) is 11.2 Å². The Labute approximate surface area is 230 Å². The van der Waals surface area contributed by atoms with E-state index >= 15 is 4.39 Å². The van der Waals surface area contributed by atoms with Gasteiger partial charge in [0.2, 0.25) is 5.92 Å². The third-order valence-corrected chi connectivity index (χ3v) is 6.83. The number of rotatable bonds is 7. The number of alkyl halides is 5. The zero-order valence-electron chi connectivity index (χ0n) is 22.7. The fourth-order valence-corrected chi connectivity index (χ4v) is 4.87. The third-order valence-electron chi connectivity index (χ3n) is 6.83. The third kappa shape index (κ3) is 7.17. The fraction of sp³-hybridized carbons (Fsp3) is 0.577. The highest BCUT2D eigenvalue weighted by molar-refractivity contribution is 5.93. The van der Waals surface area contributed by atoms with Gasteiger partial charge in [0.15, 0.2) is 11.5 Å². The summed E-state index contributed by atoms with van der Waals surface area (Å²) in [5.74, 6) is -8.59. The number of aromatic amines is 1. The number of fused-ring (bicyclic) bond motifs is 1. The molecule has 1 saturated carbocycles. The van der Waals surface area contributed by atoms with Crippen molar-refractivity contribution in [3.63, 3.8) is 0 Å². The van der Waals surface area contributed by atoms with Crippen molar-refractivity contribution in [3.05, 3.63) is 40.7 Å². The van der Waals surface area contributed by atoms with E-state index in [-0.39, 0.29) is 41.1 Å². The number of amides is 1. The van der Waals surface area contributed by atoms with Crippen LogP contribution in [0.2, 0.25) is 0 Å². The first-order valence-corrected chi connectivity index (χ1v) is 12.9. The van der Waals surface area contributed by atoms with Crippen LogP contribution in [0, 0.1) is 18.7 Å². The molecule has 2 aromatic heterocycles. The van der Waals surface area contributed by atoms with Gasteiger partial charge in [-0.05, 0) is 57.7 Å². The van der Waals surface area contributed by atoms with E-state index < -0.39 is 78.1 Å². The molecule has 0 saturated heterocycles. The molecule has 0 bridgehead atoms. The Morgan fingerprint density at radius 3 is 2.39 bits per heavy atom. The Hall–Kier alpha value is -3.65. The van der Waals surface area contributed by atoms with E-state index in [1.807, 2.05) is 0 Å². The van der Waals surface area contributed by atoms with E-state index in [1.54, 1.807) is 0 Å². The van der Waals surface area contributed by atoms with Crippen molar-refractivity contribution in [1.29, 1.82) is 0 Å². The van der Waals surface area contributed by atoms with Crippen LogP contribution in [0.3, 0.4) is 0 Å². The van der Waals surface area contributed by atoms with Crippen LogP contribution in [0.5, 0.6) is 0 Å². The van der Waals surface area contributed by atoms with Crippen molar-refractivity contribution in [2.75, 3.05) is 0 Å². The Morgan fingerprint density at radius 2 is 1.83 bits per heavy atom. The number of aryl methyl sites for hydroxylation is 1. The largest absolute Gasteiger partial charge is 0.459 e. The van der Waals surface area contributed by atoms with Crippen molar-refractivity contribution in [3.8, 4) is 0 Å². The lowest BCUT2D eigenvalue weighted by Crippen LogP contribution is -2.38. The maximum atomic E-state index is 15.8. The Balaban J connectivity index is 1.73. The number of hydrogen-bond acceptors (Lipinski definition) is 7. The topological polar surface area (TPSA) is 123 Å². The van der Waals surface area contributed by atoms with Crippen LogP contribution in [0.1, 0.15) is 92.4 Å². The number of nitrogens with zero attached hydrogens (tertiary/aromatic N) is 3. The van der Waals surface area contributed by atoms with E-state index in [0.29, 0.717) is 0 Å². The van der Waals surface area contributed by atoms with Crippen molar-refractivity contribution in [1.82, 2.24) is 25.6 Å². The van der Waals surface area contributed by atoms with Gasteiger partial charge >= 0.3 is 12.1 Å². The minimum absolute atomic E-state index is 0.00152. The van der Waals surface area contributed by atoms with Gasteiger partial charge in [-0.25, -0.2) is 22.8 Å². The predicted octanol–water partition coefficient (Wildman–Crippen LogP) is 6.07. The minimum Gasteiger partial charge on any atom is -0.459 e. The van der Waals surface area contributed by atoms with Crippen molar-refractivity contribution < 1.29 is 45.3 Å². The van der Waals surface area contributed by atoms with Gasteiger partial charge in [-0.2, -0.15) is 13.2 Å². The number of imidazole rings is 1. The van der Waals surface area contributed by atoms with Gasteiger partial charge in [0.1, 0.15) is 22.6 Å². The molecule has 224 valence electrons. The molecule has 1 aliphatic rings.